The quantitative estimate of drug-likeness (QED) is 0.640. The van der Waals surface area contributed by atoms with Gasteiger partial charge in [0, 0.05) is 6.20 Å². The molecule has 0 fully saturated rings. The molecule has 0 aliphatic heterocycles. The first-order chi connectivity index (χ1) is 5.20. The summed E-state index contributed by atoms with van der Waals surface area (Å²) in [4.78, 5) is 0.573. The van der Waals surface area contributed by atoms with E-state index in [9.17, 15) is 0 Å². The molecular formula is C6H6N4S. The first-order valence-electron chi connectivity index (χ1n) is 2.78. The average molecular weight is 166 g/mol. The molecule has 0 radical (unpaired) electrons. The van der Waals surface area contributed by atoms with Crippen molar-refractivity contribution in [1.29, 1.82) is 10.7 Å². The minimum absolute atomic E-state index is 0.217. The predicted molar refractivity (Wildman–Crippen MR) is 43.7 cm³/mol. The summed E-state index contributed by atoms with van der Waals surface area (Å²) in [6.45, 7) is 3.46. The number of thiazole rings is 1. The highest BCUT2D eigenvalue weighted by Crippen LogP contribution is 2.12. The number of nitrogens with zero attached hydrogens (tertiary/aromatic N) is 2. The molecule has 0 unspecified atom stereocenters. The number of hydrogen-bond donors (Lipinski definition) is 2. The number of nitrogen functional groups attached to an aromatic ring is 1. The second-order valence-corrected chi connectivity index (χ2v) is 2.79. The van der Waals surface area contributed by atoms with Gasteiger partial charge in [0.25, 0.3) is 0 Å². The molecule has 0 saturated carbocycles. The zero-order chi connectivity index (χ0) is 8.43. The van der Waals surface area contributed by atoms with Crippen molar-refractivity contribution in [2.75, 3.05) is 5.73 Å². The number of anilines is 1. The minimum Gasteiger partial charge on any atom is -0.383 e. The molecule has 0 aromatic carbocycles. The van der Waals surface area contributed by atoms with Crippen LogP contribution in [0, 0.1) is 16.7 Å². The van der Waals surface area contributed by atoms with Crippen molar-refractivity contribution in [3.05, 3.63) is 16.3 Å². The lowest BCUT2D eigenvalue weighted by Crippen LogP contribution is -2.08. The number of nitriles is 1. The number of nitrogens with one attached hydrogen (secondary N) is 1. The van der Waals surface area contributed by atoms with Crippen LogP contribution in [0.3, 0.4) is 0 Å². The van der Waals surface area contributed by atoms with E-state index in [-0.39, 0.29) is 10.6 Å². The Morgan fingerprint density at radius 2 is 2.45 bits per heavy atom. The van der Waals surface area contributed by atoms with Crippen LogP contribution in [0.5, 0.6) is 0 Å². The van der Waals surface area contributed by atoms with Gasteiger partial charge in [0.05, 0.1) is 0 Å². The fourth-order valence-corrected chi connectivity index (χ4v) is 1.39. The molecule has 0 aliphatic carbocycles. The fourth-order valence-electron chi connectivity index (χ4n) is 0.678. The largest absolute Gasteiger partial charge is 0.383 e. The molecule has 3 N–H and O–H groups in total. The maximum atomic E-state index is 8.50. The maximum absolute atomic E-state index is 8.50. The number of hydrogen-bond acceptors (Lipinski definition) is 4. The van der Waals surface area contributed by atoms with E-state index in [1.54, 1.807) is 0 Å². The van der Waals surface area contributed by atoms with Crippen molar-refractivity contribution in [3.63, 3.8) is 0 Å². The van der Waals surface area contributed by atoms with Crippen LogP contribution in [0.25, 0.3) is 6.20 Å². The van der Waals surface area contributed by atoms with Crippen molar-refractivity contribution in [3.8, 4) is 6.07 Å². The van der Waals surface area contributed by atoms with Crippen LogP contribution in [0.2, 0.25) is 0 Å². The van der Waals surface area contributed by atoms with E-state index in [0.29, 0.717) is 4.88 Å². The molecule has 5 heteroatoms. The Hall–Kier alpha value is -1.54. The van der Waals surface area contributed by atoms with Crippen LogP contribution in [0.1, 0.15) is 4.88 Å². The maximum Gasteiger partial charge on any atom is 0.188 e. The third kappa shape index (κ3) is 1.04. The number of rotatable bonds is 1. The Morgan fingerprint density at radius 3 is 2.73 bits per heavy atom. The highest BCUT2D eigenvalue weighted by atomic mass is 32.1. The summed E-state index contributed by atoms with van der Waals surface area (Å²) in [5, 5.41) is 15.8. The van der Waals surface area contributed by atoms with E-state index in [4.69, 9.17) is 16.4 Å². The van der Waals surface area contributed by atoms with E-state index in [2.05, 4.69) is 6.58 Å². The molecule has 0 amide bonds. The van der Waals surface area contributed by atoms with Gasteiger partial charge in [-0.15, -0.1) is 0 Å². The van der Waals surface area contributed by atoms with Gasteiger partial charge in [0.15, 0.2) is 4.80 Å². The van der Waals surface area contributed by atoms with E-state index in [1.165, 1.54) is 10.8 Å². The summed E-state index contributed by atoms with van der Waals surface area (Å²) in [6, 6.07) is 1.90. The van der Waals surface area contributed by atoms with Crippen molar-refractivity contribution in [1.82, 2.24) is 4.57 Å². The van der Waals surface area contributed by atoms with Crippen LogP contribution in [-0.4, -0.2) is 4.57 Å². The third-order valence-electron chi connectivity index (χ3n) is 1.19. The zero-order valence-corrected chi connectivity index (χ0v) is 6.48. The van der Waals surface area contributed by atoms with E-state index >= 15 is 0 Å². The highest BCUT2D eigenvalue weighted by molar-refractivity contribution is 7.10. The van der Waals surface area contributed by atoms with Crippen molar-refractivity contribution >= 4 is 23.4 Å². The van der Waals surface area contributed by atoms with Gasteiger partial charge in [-0.1, -0.05) is 17.9 Å². The third-order valence-corrected chi connectivity index (χ3v) is 2.09. The molecule has 0 aliphatic rings. The topological polar surface area (TPSA) is 78.6 Å². The molecule has 1 rings (SSSR count). The molecule has 0 spiro atoms. The highest BCUT2D eigenvalue weighted by Gasteiger charge is 2.05. The Morgan fingerprint density at radius 1 is 1.82 bits per heavy atom. The average Bonchev–Trinajstić information content (AvgIpc) is 2.26. The van der Waals surface area contributed by atoms with Gasteiger partial charge >= 0.3 is 0 Å². The van der Waals surface area contributed by atoms with Crippen molar-refractivity contribution < 1.29 is 0 Å². The number of nitrogens with two attached hydrogens (primary N) is 1. The molecule has 0 atom stereocenters. The smallest absolute Gasteiger partial charge is 0.188 e. The van der Waals surface area contributed by atoms with Crippen LogP contribution >= 0.6 is 11.3 Å². The molecule has 0 saturated heterocycles. The second-order valence-electron chi connectivity index (χ2n) is 1.79. The van der Waals surface area contributed by atoms with Crippen molar-refractivity contribution in [2.45, 2.75) is 0 Å². The molecule has 4 nitrogen and oxygen atoms in total. The molecule has 1 heterocycles. The first kappa shape index (κ1) is 7.57. The summed E-state index contributed by atoms with van der Waals surface area (Å²) in [5.41, 5.74) is 5.48. The van der Waals surface area contributed by atoms with Crippen LogP contribution in [0.15, 0.2) is 6.58 Å². The summed E-state index contributed by atoms with van der Waals surface area (Å²) < 4.78 is 1.36. The van der Waals surface area contributed by atoms with E-state index in [1.807, 2.05) is 6.07 Å². The first-order valence-corrected chi connectivity index (χ1v) is 3.60. The molecule has 11 heavy (non-hydrogen) atoms. The normalized spacial score (nSPS) is 9.00. The van der Waals surface area contributed by atoms with Gasteiger partial charge < -0.3 is 5.73 Å². The van der Waals surface area contributed by atoms with Crippen LogP contribution in [-0.2, 0) is 0 Å². The SMILES string of the molecule is C=Cn1c(N)c(C#N)sc1=N. The minimum atomic E-state index is 0.217. The van der Waals surface area contributed by atoms with Crippen molar-refractivity contribution in [2.24, 2.45) is 0 Å². The summed E-state index contributed by atoms with van der Waals surface area (Å²) in [5.74, 6) is 0.289. The number of aromatic nitrogens is 1. The molecule has 0 bridgehead atoms. The van der Waals surface area contributed by atoms with Crippen LogP contribution in [0.4, 0.5) is 5.82 Å². The van der Waals surface area contributed by atoms with Gasteiger partial charge in [0.2, 0.25) is 0 Å². The molecule has 56 valence electrons. The van der Waals surface area contributed by atoms with Crippen LogP contribution < -0.4 is 10.5 Å². The lowest BCUT2D eigenvalue weighted by Gasteiger charge is -1.93. The predicted octanol–water partition coefficient (Wildman–Crippen LogP) is 0.583. The summed E-state index contributed by atoms with van der Waals surface area (Å²) in [7, 11) is 0. The molecular weight excluding hydrogens is 160 g/mol. The van der Waals surface area contributed by atoms with Gasteiger partial charge in [0.1, 0.15) is 16.8 Å². The summed E-state index contributed by atoms with van der Waals surface area (Å²) in [6.07, 6.45) is 1.41. The lowest BCUT2D eigenvalue weighted by atomic mass is 10.5. The molecule has 1 aromatic heterocycles. The van der Waals surface area contributed by atoms with E-state index in [0.717, 1.165) is 11.3 Å². The lowest BCUT2D eigenvalue weighted by molar-refractivity contribution is 1.05. The molecule has 1 aromatic rings. The Labute approximate surface area is 67.3 Å². The Balaban J connectivity index is 3.52. The van der Waals surface area contributed by atoms with Gasteiger partial charge in [-0.25, -0.2) is 0 Å². The van der Waals surface area contributed by atoms with Gasteiger partial charge in [-0.05, 0) is 0 Å². The monoisotopic (exact) mass is 166 g/mol. The fraction of sp³-hybridized carbons (Fsp3) is 0. The van der Waals surface area contributed by atoms with Gasteiger partial charge in [-0.2, -0.15) is 5.26 Å². The zero-order valence-electron chi connectivity index (χ0n) is 5.66. The Bertz CT molecular complexity index is 378. The second kappa shape index (κ2) is 2.60. The Kier molecular flexibility index (Phi) is 1.79. The summed E-state index contributed by atoms with van der Waals surface area (Å²) >= 11 is 1.04. The van der Waals surface area contributed by atoms with Gasteiger partial charge in [-0.3, -0.25) is 9.98 Å². The standard InChI is InChI=1S/C6H6N4S/c1-2-10-5(8)4(3-7)11-6(10)9/h2,9H,1,8H2. The van der Waals surface area contributed by atoms with E-state index < -0.39 is 0 Å².